The molecule has 10 heteroatoms. The number of nitrogens with one attached hydrogen (secondary N) is 1. The van der Waals surface area contributed by atoms with Gasteiger partial charge in [-0.3, -0.25) is 4.72 Å². The molecule has 1 aromatic carbocycles. The summed E-state index contributed by atoms with van der Waals surface area (Å²) in [5.41, 5.74) is -0.180. The average Bonchev–Trinajstić information content (AvgIpc) is 2.50. The molecule has 7 nitrogen and oxygen atoms in total. The van der Waals surface area contributed by atoms with Crippen LogP contribution >= 0.6 is 0 Å². The minimum absolute atomic E-state index is 0.0674. The molecule has 1 aromatic heterocycles. The summed E-state index contributed by atoms with van der Waals surface area (Å²) in [5, 5.41) is 0. The van der Waals surface area contributed by atoms with Crippen LogP contribution in [-0.2, 0) is 15.8 Å². The molecule has 0 radical (unpaired) electrons. The van der Waals surface area contributed by atoms with E-state index in [1.807, 2.05) is 0 Å². The summed E-state index contributed by atoms with van der Waals surface area (Å²) in [6, 6.07) is 2.70. The van der Waals surface area contributed by atoms with Gasteiger partial charge in [0.15, 0.2) is 5.82 Å². The molecular formula is C14H16F2N4O3S. The Bertz CT molecular complexity index is 844. The zero-order valence-corrected chi connectivity index (χ0v) is 14.1. The first kappa shape index (κ1) is 17.9. The second-order valence-corrected chi connectivity index (χ2v) is 6.81. The Balaban J connectivity index is 2.31. The number of hydrogen-bond donors (Lipinski definition) is 1. The second-order valence-electron chi connectivity index (χ2n) is 5.09. The molecule has 0 fully saturated rings. The lowest BCUT2D eigenvalue weighted by molar-refractivity contribution is 0.380. The maximum atomic E-state index is 13.6. The van der Waals surface area contributed by atoms with Gasteiger partial charge in [-0.2, -0.15) is 4.98 Å². The number of nitrogens with zero attached hydrogens (tertiary/aromatic N) is 3. The van der Waals surface area contributed by atoms with Gasteiger partial charge < -0.3 is 9.64 Å². The molecular weight excluding hydrogens is 342 g/mol. The van der Waals surface area contributed by atoms with Gasteiger partial charge in [-0.1, -0.05) is 0 Å². The quantitative estimate of drug-likeness (QED) is 0.847. The van der Waals surface area contributed by atoms with Crippen LogP contribution in [0.3, 0.4) is 0 Å². The lowest BCUT2D eigenvalue weighted by Crippen LogP contribution is -2.20. The van der Waals surface area contributed by atoms with E-state index in [1.54, 1.807) is 19.0 Å². The Labute approximate surface area is 138 Å². The van der Waals surface area contributed by atoms with Crippen molar-refractivity contribution in [3.8, 4) is 6.01 Å². The van der Waals surface area contributed by atoms with Crippen LogP contribution in [0, 0.1) is 11.6 Å². The van der Waals surface area contributed by atoms with E-state index in [4.69, 9.17) is 4.74 Å². The molecule has 1 heterocycles. The van der Waals surface area contributed by atoms with Crippen LogP contribution in [0.4, 0.5) is 20.3 Å². The zero-order valence-electron chi connectivity index (χ0n) is 13.2. The number of halogens is 2. The zero-order chi connectivity index (χ0) is 17.9. The van der Waals surface area contributed by atoms with E-state index in [1.165, 1.54) is 13.3 Å². The normalized spacial score (nSPS) is 11.2. The third-order valence-corrected chi connectivity index (χ3v) is 4.19. The van der Waals surface area contributed by atoms with Crippen LogP contribution in [0.5, 0.6) is 6.01 Å². The van der Waals surface area contributed by atoms with Gasteiger partial charge >= 0.3 is 6.01 Å². The third-order valence-electron chi connectivity index (χ3n) is 2.97. The van der Waals surface area contributed by atoms with Gasteiger partial charge in [-0.25, -0.2) is 22.2 Å². The Hall–Kier alpha value is -2.49. The van der Waals surface area contributed by atoms with Gasteiger partial charge in [0.2, 0.25) is 10.0 Å². The van der Waals surface area contributed by atoms with E-state index in [0.29, 0.717) is 0 Å². The SMILES string of the molecule is COc1ncc(NS(=O)(=O)Cc2cc(F)ccc2F)c(N(C)C)n1. The van der Waals surface area contributed by atoms with Crippen molar-refractivity contribution in [2.45, 2.75) is 5.75 Å². The van der Waals surface area contributed by atoms with E-state index < -0.39 is 27.4 Å². The Morgan fingerprint density at radius 1 is 1.29 bits per heavy atom. The first-order valence-electron chi connectivity index (χ1n) is 6.74. The van der Waals surface area contributed by atoms with Gasteiger partial charge in [0, 0.05) is 19.7 Å². The highest BCUT2D eigenvalue weighted by molar-refractivity contribution is 7.91. The molecule has 0 saturated heterocycles. The van der Waals surface area contributed by atoms with E-state index in [2.05, 4.69) is 14.7 Å². The van der Waals surface area contributed by atoms with Crippen LogP contribution in [0.1, 0.15) is 5.56 Å². The summed E-state index contributed by atoms with van der Waals surface area (Å²) in [6.07, 6.45) is 1.24. The molecule has 0 aliphatic carbocycles. The summed E-state index contributed by atoms with van der Waals surface area (Å²) in [4.78, 5) is 9.45. The fraction of sp³-hybridized carbons (Fsp3) is 0.286. The van der Waals surface area contributed by atoms with E-state index >= 15 is 0 Å². The number of hydrogen-bond acceptors (Lipinski definition) is 6. The average molecular weight is 358 g/mol. The molecule has 0 saturated carbocycles. The number of anilines is 2. The molecule has 0 aliphatic heterocycles. The lowest BCUT2D eigenvalue weighted by Gasteiger charge is -2.17. The number of ether oxygens (including phenoxy) is 1. The number of aromatic nitrogens is 2. The predicted octanol–water partition coefficient (Wildman–Crippen LogP) is 1.77. The fourth-order valence-electron chi connectivity index (χ4n) is 1.93. The summed E-state index contributed by atoms with van der Waals surface area (Å²) in [7, 11) is 0.691. The topological polar surface area (TPSA) is 84.4 Å². The maximum absolute atomic E-state index is 13.6. The van der Waals surface area contributed by atoms with E-state index in [-0.39, 0.29) is 23.1 Å². The first-order chi connectivity index (χ1) is 11.2. The molecule has 0 atom stereocenters. The van der Waals surface area contributed by atoms with Gasteiger partial charge in [0.05, 0.1) is 19.1 Å². The molecule has 1 N–H and O–H groups in total. The van der Waals surface area contributed by atoms with Crippen molar-refractivity contribution in [2.24, 2.45) is 0 Å². The van der Waals surface area contributed by atoms with Crippen LogP contribution in [-0.4, -0.2) is 39.6 Å². The standard InChI is InChI=1S/C14H16F2N4O3S/c1-20(2)13-12(7-17-14(18-13)23-3)19-24(21,22)8-9-6-10(15)4-5-11(9)16/h4-7,19H,8H2,1-3H3. The minimum Gasteiger partial charge on any atom is -0.467 e. The summed E-state index contributed by atoms with van der Waals surface area (Å²) in [6.45, 7) is 0. The summed E-state index contributed by atoms with van der Waals surface area (Å²) < 4.78 is 58.5. The minimum atomic E-state index is -4.01. The highest BCUT2D eigenvalue weighted by Crippen LogP contribution is 2.25. The molecule has 0 spiro atoms. The van der Waals surface area contributed by atoms with Crippen molar-refractivity contribution in [3.05, 3.63) is 41.6 Å². The van der Waals surface area contributed by atoms with Gasteiger partial charge in [-0.05, 0) is 18.2 Å². The number of methoxy groups -OCH3 is 1. The molecule has 2 aromatic rings. The Morgan fingerprint density at radius 2 is 2.00 bits per heavy atom. The Kier molecular flexibility index (Phi) is 5.17. The first-order valence-corrected chi connectivity index (χ1v) is 8.40. The highest BCUT2D eigenvalue weighted by Gasteiger charge is 2.19. The maximum Gasteiger partial charge on any atom is 0.318 e. The molecule has 0 aliphatic rings. The monoisotopic (exact) mass is 358 g/mol. The van der Waals surface area contributed by atoms with Crippen molar-refractivity contribution < 1.29 is 21.9 Å². The molecule has 2 rings (SSSR count). The summed E-state index contributed by atoms with van der Waals surface area (Å²) >= 11 is 0. The van der Waals surface area contributed by atoms with Gasteiger partial charge in [0.25, 0.3) is 0 Å². The molecule has 0 unspecified atom stereocenters. The molecule has 130 valence electrons. The number of benzene rings is 1. The van der Waals surface area contributed by atoms with Crippen molar-refractivity contribution in [3.63, 3.8) is 0 Å². The summed E-state index contributed by atoms with van der Waals surface area (Å²) in [5.74, 6) is -1.98. The molecule has 0 amide bonds. The largest absolute Gasteiger partial charge is 0.467 e. The van der Waals surface area contributed by atoms with Crippen LogP contribution in [0.15, 0.2) is 24.4 Å². The van der Waals surface area contributed by atoms with Gasteiger partial charge in [-0.15, -0.1) is 0 Å². The second kappa shape index (κ2) is 6.95. The smallest absolute Gasteiger partial charge is 0.318 e. The van der Waals surface area contributed by atoms with Gasteiger partial charge in [0.1, 0.15) is 17.3 Å². The van der Waals surface area contributed by atoms with Crippen LogP contribution in [0.25, 0.3) is 0 Å². The highest BCUT2D eigenvalue weighted by atomic mass is 32.2. The fourth-order valence-corrected chi connectivity index (χ4v) is 3.11. The van der Waals surface area contributed by atoms with Crippen LogP contribution in [0.2, 0.25) is 0 Å². The van der Waals surface area contributed by atoms with Crippen molar-refractivity contribution in [1.82, 2.24) is 9.97 Å². The van der Waals surface area contributed by atoms with Crippen LogP contribution < -0.4 is 14.4 Å². The lowest BCUT2D eigenvalue weighted by atomic mass is 10.2. The number of sulfonamides is 1. The van der Waals surface area contributed by atoms with Crippen molar-refractivity contribution >= 4 is 21.5 Å². The molecule has 0 bridgehead atoms. The Morgan fingerprint density at radius 3 is 2.62 bits per heavy atom. The predicted molar refractivity (Wildman–Crippen MR) is 85.5 cm³/mol. The molecule has 24 heavy (non-hydrogen) atoms. The number of rotatable bonds is 6. The van der Waals surface area contributed by atoms with E-state index in [0.717, 1.165) is 18.2 Å². The van der Waals surface area contributed by atoms with Crippen molar-refractivity contribution in [1.29, 1.82) is 0 Å². The van der Waals surface area contributed by atoms with E-state index in [9.17, 15) is 17.2 Å². The van der Waals surface area contributed by atoms with Crippen molar-refractivity contribution in [2.75, 3.05) is 30.8 Å². The third kappa shape index (κ3) is 4.28.